The van der Waals surface area contributed by atoms with Gasteiger partial charge in [-0.2, -0.15) is 0 Å². The lowest BCUT2D eigenvalue weighted by molar-refractivity contribution is -0.274. The van der Waals surface area contributed by atoms with Gasteiger partial charge in [-0.15, -0.1) is 38.0 Å². The Morgan fingerprint density at radius 1 is 1.04 bits per heavy atom. The Bertz CT molecular complexity index is 752. The van der Waals surface area contributed by atoms with Crippen molar-refractivity contribution in [1.29, 1.82) is 0 Å². The maximum absolute atomic E-state index is 12.4. The molecule has 156 valence electrons. The second-order valence-corrected chi connectivity index (χ2v) is 6.37. The van der Waals surface area contributed by atoms with Crippen molar-refractivity contribution in [3.63, 3.8) is 0 Å². The number of aryl methyl sites for hydroxylation is 1. The first-order valence-corrected chi connectivity index (χ1v) is 8.43. The molecule has 2 aromatic rings. The number of phenols is 1. The van der Waals surface area contributed by atoms with Gasteiger partial charge in [0.05, 0.1) is 6.04 Å². The Balaban J connectivity index is 0.00000196. The van der Waals surface area contributed by atoms with Crippen LogP contribution in [0.5, 0.6) is 11.5 Å². The number of phenolic OH excluding ortho intramolecular Hbond substituents is 1. The number of halogens is 5. The second kappa shape index (κ2) is 10.2. The maximum Gasteiger partial charge on any atom is 0.573 e. The molecule has 0 aliphatic carbocycles. The number of alkyl halides is 3. The molecule has 1 atom stereocenters. The smallest absolute Gasteiger partial charge is 0.508 e. The van der Waals surface area contributed by atoms with E-state index in [2.05, 4.69) is 15.0 Å². The van der Waals surface area contributed by atoms with Crippen LogP contribution in [0.25, 0.3) is 0 Å². The van der Waals surface area contributed by atoms with Crippen molar-refractivity contribution >= 4 is 24.8 Å². The van der Waals surface area contributed by atoms with Crippen molar-refractivity contribution in [2.45, 2.75) is 19.3 Å². The number of benzene rings is 2. The summed E-state index contributed by atoms with van der Waals surface area (Å²) in [6.07, 6.45) is -4.71. The van der Waals surface area contributed by atoms with Gasteiger partial charge in [0, 0.05) is 31.7 Å². The van der Waals surface area contributed by atoms with Crippen LogP contribution in [0.3, 0.4) is 0 Å². The first-order valence-electron chi connectivity index (χ1n) is 8.43. The fourth-order valence-electron chi connectivity index (χ4n) is 3.27. The fraction of sp³-hybridized carbons (Fsp3) is 0.368. The summed E-state index contributed by atoms with van der Waals surface area (Å²) in [7, 11) is 0. The molecule has 0 amide bonds. The molecule has 1 aliphatic rings. The summed E-state index contributed by atoms with van der Waals surface area (Å²) < 4.78 is 41.1. The van der Waals surface area contributed by atoms with Gasteiger partial charge in [-0.3, -0.25) is 4.90 Å². The van der Waals surface area contributed by atoms with Gasteiger partial charge < -0.3 is 15.2 Å². The molecule has 0 spiro atoms. The largest absolute Gasteiger partial charge is 0.573 e. The number of piperazine rings is 1. The molecule has 1 saturated heterocycles. The Kier molecular flexibility index (Phi) is 8.88. The summed E-state index contributed by atoms with van der Waals surface area (Å²) in [6, 6.07) is 11.0. The van der Waals surface area contributed by atoms with E-state index in [1.54, 1.807) is 18.2 Å². The molecule has 1 aliphatic heterocycles. The molecule has 0 radical (unpaired) electrons. The van der Waals surface area contributed by atoms with Gasteiger partial charge in [-0.05, 0) is 30.7 Å². The maximum atomic E-state index is 12.4. The first kappa shape index (κ1) is 24.4. The molecule has 0 saturated carbocycles. The van der Waals surface area contributed by atoms with Crippen LogP contribution in [0.4, 0.5) is 13.2 Å². The molecular formula is C19H23Cl2F3N2O2. The minimum atomic E-state index is -4.71. The van der Waals surface area contributed by atoms with E-state index in [1.165, 1.54) is 12.1 Å². The minimum Gasteiger partial charge on any atom is -0.508 e. The minimum absolute atomic E-state index is 0. The normalized spacial score (nSPS) is 15.9. The molecule has 3 rings (SSSR count). The molecule has 2 N–H and O–H groups in total. The topological polar surface area (TPSA) is 44.7 Å². The van der Waals surface area contributed by atoms with Gasteiger partial charge in [0.15, 0.2) is 0 Å². The highest BCUT2D eigenvalue weighted by atomic mass is 35.5. The third-order valence-electron chi connectivity index (χ3n) is 4.42. The number of rotatable bonds is 4. The molecule has 1 heterocycles. The van der Waals surface area contributed by atoms with Crippen LogP contribution in [-0.4, -0.2) is 42.5 Å². The summed E-state index contributed by atoms with van der Waals surface area (Å²) in [5.41, 5.74) is 2.56. The van der Waals surface area contributed by atoms with Crippen molar-refractivity contribution in [3.05, 3.63) is 59.2 Å². The van der Waals surface area contributed by atoms with Crippen LogP contribution in [0.2, 0.25) is 0 Å². The molecule has 4 nitrogen and oxygen atoms in total. The Morgan fingerprint density at radius 3 is 2.21 bits per heavy atom. The van der Waals surface area contributed by atoms with Crippen molar-refractivity contribution in [1.82, 2.24) is 10.2 Å². The molecule has 2 aromatic carbocycles. The van der Waals surface area contributed by atoms with Crippen molar-refractivity contribution < 1.29 is 23.0 Å². The zero-order chi connectivity index (χ0) is 18.7. The third kappa shape index (κ3) is 6.17. The zero-order valence-electron chi connectivity index (χ0n) is 15.2. The van der Waals surface area contributed by atoms with Crippen LogP contribution < -0.4 is 10.1 Å². The average molecular weight is 439 g/mol. The predicted molar refractivity (Wildman–Crippen MR) is 107 cm³/mol. The lowest BCUT2D eigenvalue weighted by atomic mass is 9.94. The van der Waals surface area contributed by atoms with E-state index in [0.29, 0.717) is 0 Å². The number of hydrogen-bond acceptors (Lipinski definition) is 4. The predicted octanol–water partition coefficient (Wildman–Crippen LogP) is 4.44. The molecule has 28 heavy (non-hydrogen) atoms. The van der Waals surface area contributed by atoms with E-state index in [4.69, 9.17) is 0 Å². The monoisotopic (exact) mass is 438 g/mol. The molecule has 1 fully saturated rings. The lowest BCUT2D eigenvalue weighted by Crippen LogP contribution is -2.45. The molecular weight excluding hydrogens is 416 g/mol. The number of aromatic hydroxyl groups is 1. The summed E-state index contributed by atoms with van der Waals surface area (Å²) in [6.45, 7) is 5.13. The Labute approximate surface area is 174 Å². The van der Waals surface area contributed by atoms with E-state index >= 15 is 0 Å². The third-order valence-corrected chi connectivity index (χ3v) is 4.42. The summed E-state index contributed by atoms with van der Waals surface area (Å²) in [4.78, 5) is 2.21. The molecule has 0 aromatic heterocycles. The van der Waals surface area contributed by atoms with Crippen molar-refractivity contribution in [3.8, 4) is 11.5 Å². The fourth-order valence-corrected chi connectivity index (χ4v) is 3.27. The molecule has 0 bridgehead atoms. The number of nitrogens with zero attached hydrogens (tertiary/aromatic N) is 1. The second-order valence-electron chi connectivity index (χ2n) is 6.37. The van der Waals surface area contributed by atoms with Gasteiger partial charge in [-0.1, -0.05) is 29.8 Å². The van der Waals surface area contributed by atoms with Crippen LogP contribution >= 0.6 is 24.8 Å². The van der Waals surface area contributed by atoms with E-state index in [9.17, 15) is 18.3 Å². The summed E-state index contributed by atoms with van der Waals surface area (Å²) in [5.74, 6) is -0.0801. The van der Waals surface area contributed by atoms with E-state index in [-0.39, 0.29) is 42.4 Å². The first-order chi connectivity index (χ1) is 12.3. The highest BCUT2D eigenvalue weighted by molar-refractivity contribution is 5.85. The van der Waals surface area contributed by atoms with Crippen molar-refractivity contribution in [2.24, 2.45) is 0 Å². The van der Waals surface area contributed by atoms with Crippen molar-refractivity contribution in [2.75, 3.05) is 26.2 Å². The van der Waals surface area contributed by atoms with Gasteiger partial charge in [0.2, 0.25) is 0 Å². The zero-order valence-corrected chi connectivity index (χ0v) is 16.8. The standard InChI is InChI=1S/C19H21F3N2O2.2ClH/c1-13-2-7-17(25)16(12-13)18(24-10-8-23-9-11-24)14-3-5-15(6-4-14)26-19(20,21)22;;/h2-7,12,18,23,25H,8-11H2,1H3;2*1H/t18-;;/m0../s1. The van der Waals surface area contributed by atoms with Crippen LogP contribution in [0.15, 0.2) is 42.5 Å². The lowest BCUT2D eigenvalue weighted by Gasteiger charge is -2.36. The highest BCUT2D eigenvalue weighted by Gasteiger charge is 2.31. The Hall–Kier alpha value is -1.67. The van der Waals surface area contributed by atoms with Gasteiger partial charge in [0.1, 0.15) is 11.5 Å². The highest BCUT2D eigenvalue weighted by Crippen LogP contribution is 2.36. The van der Waals surface area contributed by atoms with Crippen LogP contribution in [-0.2, 0) is 0 Å². The molecule has 9 heteroatoms. The van der Waals surface area contributed by atoms with E-state index < -0.39 is 6.36 Å². The van der Waals surface area contributed by atoms with Gasteiger partial charge in [0.25, 0.3) is 0 Å². The van der Waals surface area contributed by atoms with Gasteiger partial charge >= 0.3 is 6.36 Å². The quantitative estimate of drug-likeness (QED) is 0.740. The number of nitrogens with one attached hydrogen (secondary N) is 1. The molecule has 0 unspecified atom stereocenters. The summed E-state index contributed by atoms with van der Waals surface area (Å²) >= 11 is 0. The number of hydrogen-bond donors (Lipinski definition) is 2. The van der Waals surface area contributed by atoms with Gasteiger partial charge in [-0.25, -0.2) is 0 Å². The summed E-state index contributed by atoms with van der Waals surface area (Å²) in [5, 5.41) is 13.7. The van der Waals surface area contributed by atoms with Crippen LogP contribution in [0.1, 0.15) is 22.7 Å². The SMILES string of the molecule is Cc1ccc(O)c([C@H](c2ccc(OC(F)(F)F)cc2)N2CCNCC2)c1.Cl.Cl. The average Bonchev–Trinajstić information content (AvgIpc) is 2.59. The number of ether oxygens (including phenoxy) is 1. The van der Waals surface area contributed by atoms with E-state index in [0.717, 1.165) is 42.9 Å². The van der Waals surface area contributed by atoms with Crippen LogP contribution in [0, 0.1) is 6.92 Å². The Morgan fingerprint density at radius 2 is 1.64 bits per heavy atom. The van der Waals surface area contributed by atoms with E-state index in [1.807, 2.05) is 19.1 Å².